The molecule has 1 nitrogen and oxygen atoms in total. The molecule has 0 N–H and O–H groups in total. The van der Waals surface area contributed by atoms with Crippen molar-refractivity contribution in [2.45, 2.75) is 32.6 Å². The normalized spacial score (nSPS) is 36.4. The van der Waals surface area contributed by atoms with Crippen molar-refractivity contribution in [3.8, 4) is 0 Å². The average molecular weight is 238 g/mol. The van der Waals surface area contributed by atoms with Crippen LogP contribution in [0.1, 0.15) is 40.7 Å². The maximum atomic E-state index is 12.9. The lowest BCUT2D eigenvalue weighted by atomic mass is 9.63. The molecule has 0 saturated heterocycles. The standard InChI is InChI=1S/C17H18O/c1-11-2-5-15-13(8-11)6-7-17(16(15)18)10-12-3-4-14(17)9-12/h2-5,8,12,14H,6-7,9-10H2,1H3. The topological polar surface area (TPSA) is 17.1 Å². The maximum absolute atomic E-state index is 12.9. The van der Waals surface area contributed by atoms with Crippen LogP contribution in [0, 0.1) is 24.2 Å². The van der Waals surface area contributed by atoms with Crippen LogP contribution in [0.3, 0.4) is 0 Å². The van der Waals surface area contributed by atoms with E-state index in [1.807, 2.05) is 0 Å². The molecular weight excluding hydrogens is 220 g/mol. The Hall–Kier alpha value is -1.37. The van der Waals surface area contributed by atoms with Gasteiger partial charge in [0.1, 0.15) is 0 Å². The van der Waals surface area contributed by atoms with Gasteiger partial charge in [-0.15, -0.1) is 0 Å². The van der Waals surface area contributed by atoms with Crippen LogP contribution in [-0.4, -0.2) is 5.78 Å². The van der Waals surface area contributed by atoms with Crippen molar-refractivity contribution in [3.05, 3.63) is 47.0 Å². The van der Waals surface area contributed by atoms with E-state index in [-0.39, 0.29) is 5.41 Å². The predicted molar refractivity (Wildman–Crippen MR) is 71.6 cm³/mol. The molecule has 1 aromatic carbocycles. The zero-order valence-electron chi connectivity index (χ0n) is 10.8. The number of benzene rings is 1. The van der Waals surface area contributed by atoms with Gasteiger partial charge in [-0.3, -0.25) is 4.79 Å². The van der Waals surface area contributed by atoms with Gasteiger partial charge in [0.25, 0.3) is 0 Å². The zero-order chi connectivity index (χ0) is 12.3. The van der Waals surface area contributed by atoms with E-state index in [0.717, 1.165) is 24.8 Å². The number of ketones is 1. The molecule has 1 fully saturated rings. The summed E-state index contributed by atoms with van der Waals surface area (Å²) in [5, 5.41) is 0. The highest BCUT2D eigenvalue weighted by Crippen LogP contribution is 2.57. The summed E-state index contributed by atoms with van der Waals surface area (Å²) in [6.07, 6.45) is 9.10. The second-order valence-electron chi connectivity index (χ2n) is 6.34. The van der Waals surface area contributed by atoms with Crippen molar-refractivity contribution in [2.75, 3.05) is 0 Å². The fourth-order valence-corrected chi connectivity index (χ4v) is 4.39. The molecule has 3 atom stereocenters. The summed E-state index contributed by atoms with van der Waals surface area (Å²) in [5.74, 6) is 1.62. The molecule has 1 spiro atoms. The minimum absolute atomic E-state index is 0.0400. The van der Waals surface area contributed by atoms with E-state index in [2.05, 4.69) is 37.3 Å². The van der Waals surface area contributed by atoms with Crippen molar-refractivity contribution < 1.29 is 4.79 Å². The summed E-state index contributed by atoms with van der Waals surface area (Å²) >= 11 is 0. The number of carbonyl (C=O) groups excluding carboxylic acids is 1. The van der Waals surface area contributed by atoms with E-state index in [1.54, 1.807) is 0 Å². The second kappa shape index (κ2) is 3.34. The van der Waals surface area contributed by atoms with E-state index in [4.69, 9.17) is 0 Å². The average Bonchev–Trinajstić information content (AvgIpc) is 2.95. The molecule has 4 rings (SSSR count). The Morgan fingerprint density at radius 3 is 2.89 bits per heavy atom. The third-order valence-electron chi connectivity index (χ3n) is 5.31. The fourth-order valence-electron chi connectivity index (χ4n) is 4.39. The monoisotopic (exact) mass is 238 g/mol. The molecule has 3 unspecified atom stereocenters. The zero-order valence-corrected chi connectivity index (χ0v) is 10.8. The molecule has 2 bridgehead atoms. The van der Waals surface area contributed by atoms with Gasteiger partial charge in [-0.25, -0.2) is 0 Å². The van der Waals surface area contributed by atoms with Crippen LogP contribution in [0.4, 0.5) is 0 Å². The molecule has 3 aliphatic rings. The molecule has 1 saturated carbocycles. The second-order valence-corrected chi connectivity index (χ2v) is 6.34. The van der Waals surface area contributed by atoms with Crippen LogP contribution in [0.2, 0.25) is 0 Å². The van der Waals surface area contributed by atoms with E-state index in [1.165, 1.54) is 17.5 Å². The van der Waals surface area contributed by atoms with Crippen LogP contribution in [0.25, 0.3) is 0 Å². The van der Waals surface area contributed by atoms with E-state index >= 15 is 0 Å². The quantitative estimate of drug-likeness (QED) is 0.630. The lowest BCUT2D eigenvalue weighted by molar-refractivity contribution is 0.0702. The van der Waals surface area contributed by atoms with E-state index < -0.39 is 0 Å². The Kier molecular flexibility index (Phi) is 1.96. The first-order chi connectivity index (χ1) is 8.69. The highest BCUT2D eigenvalue weighted by Gasteiger charge is 2.54. The Balaban J connectivity index is 1.81. The number of aryl methyl sites for hydroxylation is 2. The van der Waals surface area contributed by atoms with E-state index in [0.29, 0.717) is 17.6 Å². The van der Waals surface area contributed by atoms with Crippen LogP contribution < -0.4 is 0 Å². The number of fused-ring (bicyclic) bond motifs is 4. The molecule has 0 radical (unpaired) electrons. The molecule has 1 aromatic rings. The lowest BCUT2D eigenvalue weighted by Crippen LogP contribution is -2.39. The van der Waals surface area contributed by atoms with Crippen molar-refractivity contribution in [2.24, 2.45) is 17.3 Å². The van der Waals surface area contributed by atoms with Gasteiger partial charge in [-0.05, 0) is 50.0 Å². The van der Waals surface area contributed by atoms with E-state index in [9.17, 15) is 4.79 Å². The molecule has 0 heterocycles. The van der Waals surface area contributed by atoms with Gasteiger partial charge < -0.3 is 0 Å². The largest absolute Gasteiger partial charge is 0.294 e. The highest BCUT2D eigenvalue weighted by atomic mass is 16.1. The van der Waals surface area contributed by atoms with Gasteiger partial charge in [0.05, 0.1) is 0 Å². The summed E-state index contributed by atoms with van der Waals surface area (Å²) in [6.45, 7) is 2.11. The number of rotatable bonds is 0. The van der Waals surface area contributed by atoms with Crippen molar-refractivity contribution in [3.63, 3.8) is 0 Å². The number of carbonyl (C=O) groups is 1. The molecule has 92 valence electrons. The third kappa shape index (κ3) is 1.20. The number of hydrogen-bond acceptors (Lipinski definition) is 1. The van der Waals surface area contributed by atoms with Crippen LogP contribution >= 0.6 is 0 Å². The summed E-state index contributed by atoms with van der Waals surface area (Å²) in [4.78, 5) is 12.9. The number of Topliss-reactive ketones (excluding diaryl/α,β-unsaturated/α-hetero) is 1. The molecule has 0 aliphatic heterocycles. The smallest absolute Gasteiger partial charge is 0.169 e. The maximum Gasteiger partial charge on any atom is 0.169 e. The summed E-state index contributed by atoms with van der Waals surface area (Å²) in [7, 11) is 0. The first-order valence-electron chi connectivity index (χ1n) is 7.02. The van der Waals surface area contributed by atoms with Crippen LogP contribution in [-0.2, 0) is 6.42 Å². The molecule has 18 heavy (non-hydrogen) atoms. The summed E-state index contributed by atoms with van der Waals surface area (Å²) in [6, 6.07) is 6.34. The Morgan fingerprint density at radius 2 is 2.17 bits per heavy atom. The van der Waals surface area contributed by atoms with Gasteiger partial charge in [0.2, 0.25) is 0 Å². The Labute approximate surface area is 108 Å². The van der Waals surface area contributed by atoms with Crippen molar-refractivity contribution in [1.82, 2.24) is 0 Å². The van der Waals surface area contributed by atoms with Gasteiger partial charge in [0.15, 0.2) is 5.78 Å². The molecular formula is C17H18O. The predicted octanol–water partition coefficient (Wildman–Crippen LogP) is 3.71. The molecule has 0 amide bonds. The lowest BCUT2D eigenvalue weighted by Gasteiger charge is -2.38. The minimum atomic E-state index is -0.0400. The van der Waals surface area contributed by atoms with Gasteiger partial charge in [-0.1, -0.05) is 35.9 Å². The molecule has 1 heteroatoms. The van der Waals surface area contributed by atoms with Crippen molar-refractivity contribution >= 4 is 5.78 Å². The first-order valence-corrected chi connectivity index (χ1v) is 7.02. The van der Waals surface area contributed by atoms with Crippen LogP contribution in [0.15, 0.2) is 30.4 Å². The minimum Gasteiger partial charge on any atom is -0.294 e. The van der Waals surface area contributed by atoms with Gasteiger partial charge >= 0.3 is 0 Å². The summed E-state index contributed by atoms with van der Waals surface area (Å²) < 4.78 is 0. The van der Waals surface area contributed by atoms with Gasteiger partial charge in [-0.2, -0.15) is 0 Å². The number of hydrogen-bond donors (Lipinski definition) is 0. The van der Waals surface area contributed by atoms with Crippen LogP contribution in [0.5, 0.6) is 0 Å². The fraction of sp³-hybridized carbons (Fsp3) is 0.471. The van der Waals surface area contributed by atoms with Gasteiger partial charge in [0, 0.05) is 11.0 Å². The number of allylic oxidation sites excluding steroid dienone is 2. The Bertz CT molecular complexity index is 569. The summed E-state index contributed by atoms with van der Waals surface area (Å²) in [5.41, 5.74) is 3.51. The first kappa shape index (κ1) is 10.5. The molecule has 0 aromatic heterocycles. The Morgan fingerprint density at radius 1 is 1.28 bits per heavy atom. The highest BCUT2D eigenvalue weighted by molar-refractivity contribution is 6.03. The molecule has 3 aliphatic carbocycles. The third-order valence-corrected chi connectivity index (χ3v) is 5.31. The van der Waals surface area contributed by atoms with Crippen molar-refractivity contribution in [1.29, 1.82) is 0 Å². The SMILES string of the molecule is Cc1ccc2c(c1)CCC1(CC3C=CC1C3)C2=O.